The second-order valence-electron chi connectivity index (χ2n) is 3.77. The Balaban J connectivity index is 2.64. The van der Waals surface area contributed by atoms with Crippen molar-refractivity contribution in [3.8, 4) is 5.69 Å². The summed E-state index contributed by atoms with van der Waals surface area (Å²) < 4.78 is 15.2. The van der Waals surface area contributed by atoms with Crippen molar-refractivity contribution in [1.82, 2.24) is 14.8 Å². The summed E-state index contributed by atoms with van der Waals surface area (Å²) in [6.07, 6.45) is 0. The van der Waals surface area contributed by atoms with Gasteiger partial charge in [-0.3, -0.25) is 4.57 Å². The van der Waals surface area contributed by atoms with Gasteiger partial charge in [0.2, 0.25) is 5.28 Å². The van der Waals surface area contributed by atoms with Crippen molar-refractivity contribution < 1.29 is 4.39 Å². The third-order valence-corrected chi connectivity index (χ3v) is 2.50. The van der Waals surface area contributed by atoms with Gasteiger partial charge in [0.05, 0.1) is 5.69 Å². The fraction of sp³-hybridized carbons (Fsp3) is 0.273. The van der Waals surface area contributed by atoms with Gasteiger partial charge in [0, 0.05) is 5.92 Å². The zero-order valence-corrected chi connectivity index (χ0v) is 9.74. The van der Waals surface area contributed by atoms with Crippen LogP contribution >= 0.6 is 11.6 Å². The lowest BCUT2D eigenvalue weighted by Gasteiger charge is -2.10. The van der Waals surface area contributed by atoms with E-state index in [1.807, 2.05) is 13.8 Å². The summed E-state index contributed by atoms with van der Waals surface area (Å²) in [5, 5.41) is 7.89. The minimum absolute atomic E-state index is 0.125. The van der Waals surface area contributed by atoms with Crippen LogP contribution in [0.3, 0.4) is 0 Å². The Kier molecular flexibility index (Phi) is 2.92. The molecule has 0 unspecified atom stereocenters. The average Bonchev–Trinajstić information content (AvgIpc) is 2.61. The van der Waals surface area contributed by atoms with Crippen molar-refractivity contribution in [3.05, 3.63) is 41.2 Å². The van der Waals surface area contributed by atoms with E-state index in [1.165, 1.54) is 10.6 Å². The summed E-state index contributed by atoms with van der Waals surface area (Å²) in [5.41, 5.74) is 0.376. The molecule has 0 amide bonds. The van der Waals surface area contributed by atoms with E-state index >= 15 is 0 Å². The van der Waals surface area contributed by atoms with Crippen LogP contribution in [-0.2, 0) is 0 Å². The van der Waals surface area contributed by atoms with Crippen LogP contribution in [0.4, 0.5) is 4.39 Å². The predicted molar refractivity (Wildman–Crippen MR) is 60.4 cm³/mol. The number of aromatic nitrogens is 3. The van der Waals surface area contributed by atoms with Crippen LogP contribution in [0.2, 0.25) is 5.28 Å². The Morgan fingerprint density at radius 3 is 2.56 bits per heavy atom. The molecule has 84 valence electrons. The molecule has 0 saturated heterocycles. The molecule has 5 heteroatoms. The van der Waals surface area contributed by atoms with Crippen LogP contribution in [-0.4, -0.2) is 14.8 Å². The highest BCUT2D eigenvalue weighted by molar-refractivity contribution is 6.28. The largest absolute Gasteiger partial charge is 0.267 e. The first-order valence-corrected chi connectivity index (χ1v) is 5.34. The van der Waals surface area contributed by atoms with Gasteiger partial charge in [0.1, 0.15) is 11.6 Å². The Morgan fingerprint density at radius 1 is 1.25 bits per heavy atom. The highest BCUT2D eigenvalue weighted by atomic mass is 35.5. The molecule has 0 spiro atoms. The highest BCUT2D eigenvalue weighted by Gasteiger charge is 2.17. The molecule has 2 aromatic rings. The van der Waals surface area contributed by atoms with Crippen LogP contribution in [0.15, 0.2) is 24.3 Å². The summed E-state index contributed by atoms with van der Waals surface area (Å²) in [6.45, 7) is 3.91. The van der Waals surface area contributed by atoms with E-state index in [1.54, 1.807) is 18.2 Å². The first kappa shape index (κ1) is 11.1. The van der Waals surface area contributed by atoms with E-state index in [9.17, 15) is 4.39 Å². The smallest absolute Gasteiger partial charge is 0.229 e. The molecular weight excluding hydrogens is 229 g/mol. The maximum atomic E-state index is 13.6. The minimum Gasteiger partial charge on any atom is -0.267 e. The molecule has 1 aromatic carbocycles. The molecule has 1 aromatic heterocycles. The van der Waals surface area contributed by atoms with Crippen molar-refractivity contribution in [2.75, 3.05) is 0 Å². The van der Waals surface area contributed by atoms with Crippen molar-refractivity contribution in [2.45, 2.75) is 19.8 Å². The molecule has 0 saturated carbocycles. The van der Waals surface area contributed by atoms with Crippen molar-refractivity contribution in [3.63, 3.8) is 0 Å². The molecule has 0 aliphatic rings. The Morgan fingerprint density at radius 2 is 1.94 bits per heavy atom. The van der Waals surface area contributed by atoms with E-state index in [2.05, 4.69) is 10.2 Å². The fourth-order valence-electron chi connectivity index (χ4n) is 1.51. The van der Waals surface area contributed by atoms with Gasteiger partial charge < -0.3 is 0 Å². The number of rotatable bonds is 2. The van der Waals surface area contributed by atoms with E-state index in [-0.39, 0.29) is 17.0 Å². The van der Waals surface area contributed by atoms with Gasteiger partial charge in [-0.25, -0.2) is 4.39 Å². The molecule has 0 aliphatic heterocycles. The van der Waals surface area contributed by atoms with Crippen LogP contribution in [0.25, 0.3) is 5.69 Å². The average molecular weight is 240 g/mol. The van der Waals surface area contributed by atoms with Gasteiger partial charge in [-0.15, -0.1) is 10.2 Å². The van der Waals surface area contributed by atoms with Gasteiger partial charge in [-0.05, 0) is 23.7 Å². The SMILES string of the molecule is CC(C)c1nnc(Cl)n1-c1ccccc1F. The predicted octanol–water partition coefficient (Wildman–Crippen LogP) is 3.18. The standard InChI is InChI=1S/C11H11ClFN3/c1-7(2)10-14-15-11(12)16(10)9-6-4-3-5-8(9)13/h3-7H,1-2H3. The molecule has 0 atom stereocenters. The normalized spacial score (nSPS) is 11.1. The zero-order valence-electron chi connectivity index (χ0n) is 8.98. The lowest BCUT2D eigenvalue weighted by molar-refractivity contribution is 0.612. The van der Waals surface area contributed by atoms with E-state index < -0.39 is 0 Å². The number of hydrogen-bond acceptors (Lipinski definition) is 2. The molecule has 0 N–H and O–H groups in total. The maximum Gasteiger partial charge on any atom is 0.229 e. The van der Waals surface area contributed by atoms with E-state index in [0.29, 0.717) is 11.5 Å². The monoisotopic (exact) mass is 239 g/mol. The number of nitrogens with zero attached hydrogens (tertiary/aromatic N) is 3. The summed E-state index contributed by atoms with van der Waals surface area (Å²) >= 11 is 5.92. The Bertz CT molecular complexity index is 508. The molecule has 0 bridgehead atoms. The maximum absolute atomic E-state index is 13.6. The highest BCUT2D eigenvalue weighted by Crippen LogP contribution is 2.23. The van der Waals surface area contributed by atoms with Gasteiger partial charge >= 0.3 is 0 Å². The quantitative estimate of drug-likeness (QED) is 0.806. The van der Waals surface area contributed by atoms with Crippen molar-refractivity contribution >= 4 is 11.6 Å². The molecule has 1 heterocycles. The minimum atomic E-state index is -0.342. The third kappa shape index (κ3) is 1.80. The third-order valence-electron chi connectivity index (χ3n) is 2.26. The molecule has 2 rings (SSSR count). The molecule has 3 nitrogen and oxygen atoms in total. The number of hydrogen-bond donors (Lipinski definition) is 0. The lowest BCUT2D eigenvalue weighted by atomic mass is 10.2. The molecule has 0 radical (unpaired) electrons. The van der Waals surface area contributed by atoms with Gasteiger partial charge in [0.15, 0.2) is 0 Å². The number of benzene rings is 1. The second kappa shape index (κ2) is 4.22. The molecule has 16 heavy (non-hydrogen) atoms. The molecular formula is C11H11ClFN3. The van der Waals surface area contributed by atoms with E-state index in [4.69, 9.17) is 11.6 Å². The van der Waals surface area contributed by atoms with Gasteiger partial charge in [-0.2, -0.15) is 0 Å². The Labute approximate surface area is 97.9 Å². The topological polar surface area (TPSA) is 30.7 Å². The number of halogens is 2. The zero-order chi connectivity index (χ0) is 11.7. The summed E-state index contributed by atoms with van der Waals surface area (Å²) in [5.74, 6) is 0.431. The van der Waals surface area contributed by atoms with E-state index in [0.717, 1.165) is 0 Å². The summed E-state index contributed by atoms with van der Waals surface area (Å²) in [4.78, 5) is 0. The fourth-order valence-corrected chi connectivity index (χ4v) is 1.72. The van der Waals surface area contributed by atoms with Crippen LogP contribution in [0.1, 0.15) is 25.6 Å². The summed E-state index contributed by atoms with van der Waals surface area (Å²) in [6, 6.07) is 6.41. The van der Waals surface area contributed by atoms with Gasteiger partial charge in [-0.1, -0.05) is 26.0 Å². The van der Waals surface area contributed by atoms with Crippen molar-refractivity contribution in [1.29, 1.82) is 0 Å². The second-order valence-corrected chi connectivity index (χ2v) is 4.11. The van der Waals surface area contributed by atoms with Gasteiger partial charge in [0.25, 0.3) is 0 Å². The van der Waals surface area contributed by atoms with Crippen LogP contribution in [0.5, 0.6) is 0 Å². The number of para-hydroxylation sites is 1. The Hall–Kier alpha value is -1.42. The molecule has 0 aliphatic carbocycles. The summed E-state index contributed by atoms with van der Waals surface area (Å²) in [7, 11) is 0. The first-order valence-electron chi connectivity index (χ1n) is 4.97. The first-order chi connectivity index (χ1) is 7.61. The van der Waals surface area contributed by atoms with Crippen LogP contribution < -0.4 is 0 Å². The van der Waals surface area contributed by atoms with Crippen LogP contribution in [0, 0.1) is 5.82 Å². The van der Waals surface area contributed by atoms with Crippen molar-refractivity contribution in [2.24, 2.45) is 0 Å². The molecule has 0 fully saturated rings. The lowest BCUT2D eigenvalue weighted by Crippen LogP contribution is -2.05.